The fourth-order valence-electron chi connectivity index (χ4n) is 3.91. The van der Waals surface area contributed by atoms with Crippen LogP contribution in [0.25, 0.3) is 0 Å². The molecule has 10 nitrogen and oxygen atoms in total. The Balaban J connectivity index is 1.73. The van der Waals surface area contributed by atoms with Crippen LogP contribution in [-0.2, 0) is 35.1 Å². The van der Waals surface area contributed by atoms with Gasteiger partial charge >= 0.3 is 11.9 Å². The molecule has 0 aromatic heterocycles. The highest BCUT2D eigenvalue weighted by molar-refractivity contribution is 8.00. The molecule has 0 radical (unpaired) electrons. The molecular weight excluding hydrogens is 474 g/mol. The van der Waals surface area contributed by atoms with Crippen molar-refractivity contribution in [2.75, 3.05) is 12.5 Å². The Morgan fingerprint density at radius 2 is 1.86 bits per heavy atom. The van der Waals surface area contributed by atoms with Crippen molar-refractivity contribution in [1.82, 2.24) is 15.3 Å². The van der Waals surface area contributed by atoms with Gasteiger partial charge in [-0.1, -0.05) is 30.3 Å². The third-order valence-electron chi connectivity index (χ3n) is 5.86. The summed E-state index contributed by atoms with van der Waals surface area (Å²) in [7, 11) is 0. The third-order valence-corrected chi connectivity index (χ3v) is 6.89. The number of ether oxygens (including phenoxy) is 1. The van der Waals surface area contributed by atoms with Gasteiger partial charge in [-0.3, -0.25) is 24.2 Å². The van der Waals surface area contributed by atoms with Gasteiger partial charge in [-0.15, -0.1) is 11.8 Å². The SMILES string of the molecule is CC(C)(C)C(=O)OCS[C@@H](Cc1ccccc1)C(=O)NC1CCC(=O)N2CC[C@@H](C(=O)O)N2C1=O. The van der Waals surface area contributed by atoms with E-state index >= 15 is 0 Å². The predicted molar refractivity (Wildman–Crippen MR) is 128 cm³/mol. The van der Waals surface area contributed by atoms with Crippen molar-refractivity contribution in [3.05, 3.63) is 35.9 Å². The van der Waals surface area contributed by atoms with Gasteiger partial charge in [0.25, 0.3) is 5.91 Å². The molecule has 2 heterocycles. The first kappa shape index (κ1) is 26.5. The summed E-state index contributed by atoms with van der Waals surface area (Å²) in [4.78, 5) is 62.7. The molecule has 3 rings (SSSR count). The van der Waals surface area contributed by atoms with E-state index in [1.54, 1.807) is 20.8 Å². The van der Waals surface area contributed by atoms with Gasteiger partial charge in [0, 0.05) is 19.4 Å². The number of thioether (sulfide) groups is 1. The van der Waals surface area contributed by atoms with Crippen LogP contribution in [0.15, 0.2) is 30.3 Å². The number of aliphatic carboxylic acids is 1. The Kier molecular flexibility index (Phi) is 8.42. The van der Waals surface area contributed by atoms with Gasteiger partial charge in [0.1, 0.15) is 12.0 Å². The Bertz CT molecular complexity index is 979. The van der Waals surface area contributed by atoms with Gasteiger partial charge in [-0.05, 0) is 39.2 Å². The maximum Gasteiger partial charge on any atom is 0.328 e. The normalized spacial score (nSPS) is 21.2. The van der Waals surface area contributed by atoms with Crippen LogP contribution in [0.2, 0.25) is 0 Å². The first-order valence-corrected chi connectivity index (χ1v) is 12.5. The average Bonchev–Trinajstić information content (AvgIpc) is 3.21. The van der Waals surface area contributed by atoms with Gasteiger partial charge in [-0.2, -0.15) is 0 Å². The summed E-state index contributed by atoms with van der Waals surface area (Å²) < 4.78 is 5.32. The first-order valence-electron chi connectivity index (χ1n) is 11.5. The maximum atomic E-state index is 13.3. The molecule has 2 N–H and O–H groups in total. The molecule has 35 heavy (non-hydrogen) atoms. The highest BCUT2D eigenvalue weighted by atomic mass is 32.2. The summed E-state index contributed by atoms with van der Waals surface area (Å²) >= 11 is 1.14. The number of hydrogen-bond acceptors (Lipinski definition) is 7. The molecular formula is C24H31N3O7S. The third kappa shape index (κ3) is 6.53. The Labute approximate surface area is 208 Å². The molecule has 0 aliphatic carbocycles. The molecule has 0 spiro atoms. The number of carbonyl (C=O) groups excluding carboxylic acids is 4. The van der Waals surface area contributed by atoms with Crippen molar-refractivity contribution >= 4 is 41.4 Å². The predicted octanol–water partition coefficient (Wildman–Crippen LogP) is 1.59. The lowest BCUT2D eigenvalue weighted by atomic mass is 9.98. The van der Waals surface area contributed by atoms with E-state index in [2.05, 4.69) is 5.32 Å². The van der Waals surface area contributed by atoms with E-state index in [0.717, 1.165) is 22.3 Å². The number of fused-ring (bicyclic) bond motifs is 1. The molecule has 3 atom stereocenters. The second-order valence-corrected chi connectivity index (χ2v) is 10.7. The standard InChI is InChI=1S/C24H31N3O7S/c1-24(2,3)23(33)34-14-35-18(13-15-7-5-4-6-8-15)20(29)25-16-9-10-19(28)26-12-11-17(22(31)32)27(26)21(16)30/h4-8,16-18H,9-14H2,1-3H3,(H,25,29)(H,31,32)/t16?,17-,18-/m0/s1. The van der Waals surface area contributed by atoms with E-state index in [4.69, 9.17) is 4.74 Å². The summed E-state index contributed by atoms with van der Waals surface area (Å²) in [6, 6.07) is 7.13. The summed E-state index contributed by atoms with van der Waals surface area (Å²) in [6.45, 7) is 5.35. The Morgan fingerprint density at radius 3 is 2.49 bits per heavy atom. The smallest absolute Gasteiger partial charge is 0.328 e. The number of benzene rings is 1. The summed E-state index contributed by atoms with van der Waals surface area (Å²) in [5, 5.41) is 13.7. The fraction of sp³-hybridized carbons (Fsp3) is 0.542. The molecule has 3 amide bonds. The minimum absolute atomic E-state index is 0.0131. The molecule has 2 aliphatic heterocycles. The Morgan fingerprint density at radius 1 is 1.17 bits per heavy atom. The minimum atomic E-state index is -1.20. The largest absolute Gasteiger partial charge is 0.480 e. The fourth-order valence-corrected chi connectivity index (χ4v) is 4.78. The van der Waals surface area contributed by atoms with Crippen LogP contribution in [0, 0.1) is 5.41 Å². The van der Waals surface area contributed by atoms with Crippen molar-refractivity contribution < 1.29 is 33.8 Å². The zero-order valence-corrected chi connectivity index (χ0v) is 20.9. The number of nitrogens with zero attached hydrogens (tertiary/aromatic N) is 2. The molecule has 1 aromatic rings. The number of amides is 3. The van der Waals surface area contributed by atoms with Gasteiger partial charge in [0.15, 0.2) is 6.04 Å². The molecule has 2 fully saturated rings. The van der Waals surface area contributed by atoms with E-state index in [0.29, 0.717) is 6.42 Å². The van der Waals surface area contributed by atoms with E-state index < -0.39 is 46.5 Å². The minimum Gasteiger partial charge on any atom is -0.480 e. The van der Waals surface area contributed by atoms with Crippen LogP contribution in [-0.4, -0.2) is 74.6 Å². The van der Waals surface area contributed by atoms with Crippen molar-refractivity contribution in [2.45, 2.75) is 63.8 Å². The van der Waals surface area contributed by atoms with E-state index in [-0.39, 0.29) is 37.7 Å². The van der Waals surface area contributed by atoms with Crippen LogP contribution in [0.3, 0.4) is 0 Å². The van der Waals surface area contributed by atoms with Crippen molar-refractivity contribution in [3.8, 4) is 0 Å². The molecule has 2 aliphatic rings. The second kappa shape index (κ2) is 11.1. The number of carboxylic acids is 1. The van der Waals surface area contributed by atoms with Gasteiger partial charge < -0.3 is 15.2 Å². The van der Waals surface area contributed by atoms with Crippen LogP contribution >= 0.6 is 11.8 Å². The zero-order chi connectivity index (χ0) is 25.8. The van der Waals surface area contributed by atoms with Crippen LogP contribution in [0.4, 0.5) is 0 Å². The quantitative estimate of drug-likeness (QED) is 0.402. The number of hydrogen-bond donors (Lipinski definition) is 2. The molecule has 0 saturated carbocycles. The van der Waals surface area contributed by atoms with Crippen LogP contribution in [0.5, 0.6) is 0 Å². The number of rotatable bonds is 8. The number of carboxylic acid groups (broad SMARTS) is 1. The highest BCUT2D eigenvalue weighted by Crippen LogP contribution is 2.26. The number of hydrazine groups is 1. The van der Waals surface area contributed by atoms with Gasteiger partial charge in [-0.25, -0.2) is 9.80 Å². The van der Waals surface area contributed by atoms with E-state index in [1.807, 2.05) is 30.3 Å². The number of carbonyl (C=O) groups is 5. The first-order chi connectivity index (χ1) is 16.5. The number of esters is 1. The summed E-state index contributed by atoms with van der Waals surface area (Å²) in [5.74, 6) is -3.04. The zero-order valence-electron chi connectivity index (χ0n) is 20.1. The Hall–Kier alpha value is -3.08. The van der Waals surface area contributed by atoms with Gasteiger partial charge in [0.2, 0.25) is 11.8 Å². The average molecular weight is 506 g/mol. The van der Waals surface area contributed by atoms with E-state index in [1.165, 1.54) is 5.01 Å². The molecule has 190 valence electrons. The number of nitrogens with one attached hydrogen (secondary N) is 1. The monoisotopic (exact) mass is 505 g/mol. The second-order valence-electron chi connectivity index (χ2n) is 9.59. The molecule has 1 aromatic carbocycles. The lowest BCUT2D eigenvalue weighted by molar-refractivity contribution is -0.166. The summed E-state index contributed by atoms with van der Waals surface area (Å²) in [5.41, 5.74) is 0.209. The summed E-state index contributed by atoms with van der Waals surface area (Å²) in [6.07, 6.45) is 0.556. The maximum absolute atomic E-state index is 13.3. The lowest BCUT2D eigenvalue weighted by Crippen LogP contribution is -2.55. The topological polar surface area (TPSA) is 133 Å². The highest BCUT2D eigenvalue weighted by Gasteiger charge is 2.47. The van der Waals surface area contributed by atoms with E-state index in [9.17, 15) is 29.1 Å². The van der Waals surface area contributed by atoms with Crippen LogP contribution in [0.1, 0.15) is 45.6 Å². The molecule has 0 bridgehead atoms. The molecule has 2 saturated heterocycles. The molecule has 11 heteroatoms. The van der Waals surface area contributed by atoms with Gasteiger partial charge in [0.05, 0.1) is 10.7 Å². The van der Waals surface area contributed by atoms with Crippen molar-refractivity contribution in [1.29, 1.82) is 0 Å². The van der Waals surface area contributed by atoms with Crippen LogP contribution < -0.4 is 5.32 Å². The van der Waals surface area contributed by atoms with Crippen molar-refractivity contribution in [2.24, 2.45) is 5.41 Å². The van der Waals surface area contributed by atoms with Crippen molar-refractivity contribution in [3.63, 3.8) is 0 Å². The lowest BCUT2D eigenvalue weighted by Gasteiger charge is -2.30. The molecule has 1 unspecified atom stereocenters.